The first-order chi connectivity index (χ1) is 13.6. The fourth-order valence-corrected chi connectivity index (χ4v) is 4.84. The SMILES string of the molecule is CCCCCCCCCCCCCCC(CCC)C(N)(CCCC)CCCC. The van der Waals surface area contributed by atoms with Crippen molar-refractivity contribution >= 4 is 0 Å². The van der Waals surface area contributed by atoms with E-state index < -0.39 is 0 Å². The van der Waals surface area contributed by atoms with Crippen LogP contribution in [0.15, 0.2) is 0 Å². The minimum atomic E-state index is 0.111. The molecule has 0 heterocycles. The van der Waals surface area contributed by atoms with Crippen molar-refractivity contribution in [2.75, 3.05) is 0 Å². The van der Waals surface area contributed by atoms with Crippen LogP contribution in [0.5, 0.6) is 0 Å². The van der Waals surface area contributed by atoms with Crippen molar-refractivity contribution in [2.24, 2.45) is 11.7 Å². The summed E-state index contributed by atoms with van der Waals surface area (Å²) in [5.74, 6) is 0.749. The van der Waals surface area contributed by atoms with Gasteiger partial charge in [-0.3, -0.25) is 0 Å². The van der Waals surface area contributed by atoms with E-state index in [9.17, 15) is 0 Å². The Morgan fingerprint density at radius 2 is 0.857 bits per heavy atom. The Bertz CT molecular complexity index is 291. The van der Waals surface area contributed by atoms with Gasteiger partial charge in [-0.1, -0.05) is 137 Å². The zero-order chi connectivity index (χ0) is 20.9. The van der Waals surface area contributed by atoms with Gasteiger partial charge >= 0.3 is 0 Å². The third-order valence-electron chi connectivity index (χ3n) is 6.85. The van der Waals surface area contributed by atoms with Gasteiger partial charge in [-0.05, 0) is 31.6 Å². The second kappa shape index (κ2) is 20.2. The molecule has 1 heteroatoms. The molecule has 0 aliphatic rings. The molecule has 0 spiro atoms. The maximum Gasteiger partial charge on any atom is 0.0182 e. The van der Waals surface area contributed by atoms with Gasteiger partial charge < -0.3 is 5.73 Å². The molecule has 0 aliphatic heterocycles. The second-order valence-electron chi connectivity index (χ2n) is 9.60. The summed E-state index contributed by atoms with van der Waals surface area (Å²) in [6.07, 6.45) is 28.9. The van der Waals surface area contributed by atoms with Crippen molar-refractivity contribution < 1.29 is 0 Å². The van der Waals surface area contributed by atoms with Crippen molar-refractivity contribution in [2.45, 2.75) is 168 Å². The van der Waals surface area contributed by atoms with Gasteiger partial charge in [-0.2, -0.15) is 0 Å². The van der Waals surface area contributed by atoms with Gasteiger partial charge in [-0.15, -0.1) is 0 Å². The third-order valence-corrected chi connectivity index (χ3v) is 6.85. The lowest BCUT2D eigenvalue weighted by Gasteiger charge is -2.38. The number of unbranched alkanes of at least 4 members (excludes halogenated alkanes) is 13. The minimum absolute atomic E-state index is 0.111. The Balaban J connectivity index is 3.97. The molecule has 0 amide bonds. The summed E-state index contributed by atoms with van der Waals surface area (Å²) in [5.41, 5.74) is 7.15. The average Bonchev–Trinajstić information content (AvgIpc) is 2.70. The van der Waals surface area contributed by atoms with Crippen molar-refractivity contribution in [3.05, 3.63) is 0 Å². The van der Waals surface area contributed by atoms with Crippen LogP contribution in [0.3, 0.4) is 0 Å². The molecule has 170 valence electrons. The molecule has 0 radical (unpaired) electrons. The van der Waals surface area contributed by atoms with E-state index in [-0.39, 0.29) is 5.54 Å². The molecule has 0 rings (SSSR count). The maximum atomic E-state index is 7.04. The second-order valence-corrected chi connectivity index (χ2v) is 9.60. The minimum Gasteiger partial charge on any atom is -0.325 e. The van der Waals surface area contributed by atoms with Crippen LogP contribution in [0.25, 0.3) is 0 Å². The van der Waals surface area contributed by atoms with Gasteiger partial charge in [0.15, 0.2) is 0 Å². The van der Waals surface area contributed by atoms with E-state index in [0.717, 1.165) is 5.92 Å². The van der Waals surface area contributed by atoms with Crippen molar-refractivity contribution in [3.8, 4) is 0 Å². The lowest BCUT2D eigenvalue weighted by molar-refractivity contribution is 0.195. The molecular weight excluding hydrogens is 338 g/mol. The average molecular weight is 396 g/mol. The van der Waals surface area contributed by atoms with Crippen LogP contribution in [-0.2, 0) is 0 Å². The largest absolute Gasteiger partial charge is 0.325 e. The topological polar surface area (TPSA) is 26.0 Å². The summed E-state index contributed by atoms with van der Waals surface area (Å²) >= 11 is 0. The highest BCUT2D eigenvalue weighted by molar-refractivity contribution is 4.91. The molecule has 0 bridgehead atoms. The molecule has 2 N–H and O–H groups in total. The fraction of sp³-hybridized carbons (Fsp3) is 1.00. The zero-order valence-corrected chi connectivity index (χ0v) is 20.5. The van der Waals surface area contributed by atoms with Crippen molar-refractivity contribution in [1.82, 2.24) is 0 Å². The van der Waals surface area contributed by atoms with Crippen LogP contribution < -0.4 is 5.73 Å². The fourth-order valence-electron chi connectivity index (χ4n) is 4.84. The van der Waals surface area contributed by atoms with Crippen LogP contribution in [-0.4, -0.2) is 5.54 Å². The predicted molar refractivity (Wildman–Crippen MR) is 130 cm³/mol. The number of hydrogen-bond donors (Lipinski definition) is 1. The Morgan fingerprint density at radius 1 is 0.464 bits per heavy atom. The molecule has 0 fully saturated rings. The summed E-state index contributed by atoms with van der Waals surface area (Å²) < 4.78 is 0. The summed E-state index contributed by atoms with van der Waals surface area (Å²) in [4.78, 5) is 0. The quantitative estimate of drug-likeness (QED) is 0.181. The molecule has 1 atom stereocenters. The van der Waals surface area contributed by atoms with Crippen LogP contribution >= 0.6 is 0 Å². The Hall–Kier alpha value is -0.0400. The Kier molecular flexibility index (Phi) is 20.2. The molecule has 1 nitrogen and oxygen atoms in total. The smallest absolute Gasteiger partial charge is 0.0182 e. The van der Waals surface area contributed by atoms with Gasteiger partial charge in [0.25, 0.3) is 0 Å². The van der Waals surface area contributed by atoms with E-state index in [4.69, 9.17) is 5.73 Å². The number of rotatable bonds is 22. The summed E-state index contributed by atoms with van der Waals surface area (Å²) in [6.45, 7) is 9.25. The summed E-state index contributed by atoms with van der Waals surface area (Å²) in [7, 11) is 0. The first-order valence-electron chi connectivity index (χ1n) is 13.4. The van der Waals surface area contributed by atoms with Gasteiger partial charge in [0, 0.05) is 5.54 Å². The zero-order valence-electron chi connectivity index (χ0n) is 20.5. The molecule has 0 saturated heterocycles. The maximum absolute atomic E-state index is 7.04. The first kappa shape index (κ1) is 28.0. The molecule has 0 saturated carbocycles. The molecule has 0 aromatic carbocycles. The molecule has 28 heavy (non-hydrogen) atoms. The van der Waals surface area contributed by atoms with E-state index in [1.54, 1.807) is 0 Å². The van der Waals surface area contributed by atoms with Crippen LogP contribution in [0.1, 0.15) is 163 Å². The number of nitrogens with two attached hydrogens (primary N) is 1. The van der Waals surface area contributed by atoms with E-state index in [1.807, 2.05) is 0 Å². The van der Waals surface area contributed by atoms with Gasteiger partial charge in [0.1, 0.15) is 0 Å². The molecular formula is C27H57N. The molecule has 0 aromatic rings. The standard InChI is InChI=1S/C27H57N/c1-5-9-12-13-14-15-16-17-18-19-20-21-23-26(22-8-4)27(28,24-10-6-2)25-11-7-3/h26H,5-25,28H2,1-4H3. The van der Waals surface area contributed by atoms with Crippen molar-refractivity contribution in [3.63, 3.8) is 0 Å². The highest BCUT2D eigenvalue weighted by Crippen LogP contribution is 2.34. The lowest BCUT2D eigenvalue weighted by Crippen LogP contribution is -2.47. The van der Waals surface area contributed by atoms with Crippen LogP contribution in [0, 0.1) is 5.92 Å². The molecule has 0 aromatic heterocycles. The Morgan fingerprint density at radius 3 is 1.25 bits per heavy atom. The van der Waals surface area contributed by atoms with E-state index in [0.29, 0.717) is 0 Å². The predicted octanol–water partition coefficient (Wildman–Crippen LogP) is 9.57. The van der Waals surface area contributed by atoms with E-state index >= 15 is 0 Å². The molecule has 0 aliphatic carbocycles. The normalized spacial score (nSPS) is 13.2. The Labute approximate surface area is 180 Å². The van der Waals surface area contributed by atoms with Crippen molar-refractivity contribution in [1.29, 1.82) is 0 Å². The van der Waals surface area contributed by atoms with Crippen LogP contribution in [0.2, 0.25) is 0 Å². The monoisotopic (exact) mass is 395 g/mol. The van der Waals surface area contributed by atoms with E-state index in [2.05, 4.69) is 27.7 Å². The van der Waals surface area contributed by atoms with Gasteiger partial charge in [0.2, 0.25) is 0 Å². The summed E-state index contributed by atoms with van der Waals surface area (Å²) in [6, 6.07) is 0. The van der Waals surface area contributed by atoms with Gasteiger partial charge in [-0.25, -0.2) is 0 Å². The number of hydrogen-bond acceptors (Lipinski definition) is 1. The van der Waals surface area contributed by atoms with Gasteiger partial charge in [0.05, 0.1) is 0 Å². The molecule has 1 unspecified atom stereocenters. The van der Waals surface area contributed by atoms with E-state index in [1.165, 1.54) is 135 Å². The first-order valence-corrected chi connectivity index (χ1v) is 13.4. The third kappa shape index (κ3) is 14.9. The summed E-state index contributed by atoms with van der Waals surface area (Å²) in [5, 5.41) is 0. The lowest BCUT2D eigenvalue weighted by atomic mass is 9.72. The highest BCUT2D eigenvalue weighted by atomic mass is 14.8. The van der Waals surface area contributed by atoms with Crippen LogP contribution in [0.4, 0.5) is 0 Å². The highest BCUT2D eigenvalue weighted by Gasteiger charge is 2.32.